The summed E-state index contributed by atoms with van der Waals surface area (Å²) in [5.74, 6) is 1.31. The fraction of sp³-hybridized carbons (Fsp3) is 0. The summed E-state index contributed by atoms with van der Waals surface area (Å²) in [6.07, 6.45) is 0. The van der Waals surface area contributed by atoms with Gasteiger partial charge < -0.3 is 23.0 Å². The van der Waals surface area contributed by atoms with Gasteiger partial charge in [-0.1, -0.05) is 188 Å². The number of furan rings is 1. The van der Waals surface area contributed by atoms with Crippen LogP contribution in [-0.4, -0.2) is 32.8 Å². The molecule has 0 N–H and O–H groups in total. The minimum absolute atomic E-state index is 0.556. The largest absolute Gasteiger partial charge is 0.456 e. The van der Waals surface area contributed by atoms with Crippen LogP contribution in [0.15, 0.2) is 368 Å². The van der Waals surface area contributed by atoms with Crippen LogP contribution in [0.25, 0.3) is 193 Å². The van der Waals surface area contributed by atoms with Crippen LogP contribution in [0.3, 0.4) is 0 Å². The van der Waals surface area contributed by atoms with E-state index in [1.165, 1.54) is 32.6 Å². The molecule has 0 radical (unpaired) electrons. The molecular formula is C98H60N8O. The van der Waals surface area contributed by atoms with Gasteiger partial charge in [-0.15, -0.1) is 0 Å². The van der Waals surface area contributed by atoms with Crippen LogP contribution in [0.2, 0.25) is 0 Å². The van der Waals surface area contributed by atoms with E-state index < -0.39 is 0 Å². The van der Waals surface area contributed by atoms with Crippen LogP contribution in [0.1, 0.15) is 0 Å². The van der Waals surface area contributed by atoms with Crippen molar-refractivity contribution in [3.05, 3.63) is 364 Å². The van der Waals surface area contributed by atoms with E-state index in [-0.39, 0.29) is 0 Å². The number of anilines is 3. The van der Waals surface area contributed by atoms with Gasteiger partial charge in [-0.05, 0) is 192 Å². The third-order valence-electron chi connectivity index (χ3n) is 22.2. The molecule has 16 aromatic carbocycles. The summed E-state index contributed by atoms with van der Waals surface area (Å²) in [6, 6.07) is 132. The summed E-state index contributed by atoms with van der Waals surface area (Å²) in [5.41, 5.74) is 24.2. The molecule has 23 rings (SSSR count). The normalized spacial score (nSPS) is 12.1. The van der Waals surface area contributed by atoms with Crippen molar-refractivity contribution >= 4 is 159 Å². The first kappa shape index (κ1) is 59.0. The van der Waals surface area contributed by atoms with E-state index in [0.29, 0.717) is 5.95 Å². The molecule has 0 amide bonds. The number of nitrogens with zero attached hydrogens (tertiary/aromatic N) is 8. The molecule has 107 heavy (non-hydrogen) atoms. The lowest BCUT2D eigenvalue weighted by Crippen LogP contribution is -2.10. The number of hydrogen-bond acceptors (Lipinski definition) is 4. The van der Waals surface area contributed by atoms with E-state index in [4.69, 9.17) is 14.4 Å². The molecule has 0 bridgehead atoms. The lowest BCUT2D eigenvalue weighted by Gasteiger charge is -2.25. The topological polar surface area (TPSA) is 66.8 Å². The molecule has 0 saturated heterocycles. The fourth-order valence-electron chi connectivity index (χ4n) is 17.5. The molecule has 0 fully saturated rings. The Morgan fingerprint density at radius 3 is 1.10 bits per heavy atom. The molecule has 23 aromatic rings. The minimum atomic E-state index is 0.556. The first-order chi connectivity index (χ1) is 53.1. The molecule has 498 valence electrons. The molecule has 0 aliphatic carbocycles. The third kappa shape index (κ3) is 8.92. The molecule has 7 heterocycles. The number of rotatable bonds is 10. The Kier molecular flexibility index (Phi) is 12.7. The zero-order valence-electron chi connectivity index (χ0n) is 57.6. The van der Waals surface area contributed by atoms with Gasteiger partial charge in [-0.3, -0.25) is 9.13 Å². The Labute approximate surface area is 612 Å². The van der Waals surface area contributed by atoms with Gasteiger partial charge in [0.2, 0.25) is 5.95 Å². The SMILES string of the molecule is c1ccc(N(c2ccccc2)c2ccc3c(c2)c2ccccc2n3-c2nc(-n3c4ccc(-c5ccc6c(c5)c5ccccc5n6-c5ccccc5)cc4c4cc(-c5ccc6c(c5)c5ccccc5n6-c5ccccc5)ccc43)c3cc(-n4c5ccccc5c5cc6c(cc54)oc4ccccc46)ccc3n2)cc1. The fourth-order valence-corrected chi connectivity index (χ4v) is 17.5. The Hall–Kier alpha value is -14.5. The second-order valence-electron chi connectivity index (χ2n) is 28.1. The standard InChI is InChI=1S/C98H60N8O/c1-5-23-65(24-6-1)101(66-25-7-2-8-26-66)69-46-52-93-80(57-69)73-33-16-21-39-88(73)106(93)98-99-84-47-45-70(104-87-38-20-15-34-74(87)81-59-82-75-35-17-22-40-95(75)107-96(82)60-94(81)104)58-83(84)97(100-98)105-91-50-43-63(61-41-48-89-76(53-61)71-31-13-18-36-85(71)102(89)67-27-9-3-10-28-67)55-78(91)79-56-64(44-51-92(79)105)62-42-49-90-77(54-62)72-32-14-19-37-86(72)103(90)68-29-11-4-12-30-68/h1-60H. The number of para-hydroxylation sites is 9. The van der Waals surface area contributed by atoms with Crippen molar-refractivity contribution < 1.29 is 4.42 Å². The van der Waals surface area contributed by atoms with Crippen molar-refractivity contribution in [2.45, 2.75) is 0 Å². The Morgan fingerprint density at radius 1 is 0.206 bits per heavy atom. The zero-order valence-corrected chi connectivity index (χ0v) is 57.6. The first-order valence-electron chi connectivity index (χ1n) is 36.4. The first-order valence-corrected chi connectivity index (χ1v) is 36.4. The minimum Gasteiger partial charge on any atom is -0.456 e. The predicted molar refractivity (Wildman–Crippen MR) is 444 cm³/mol. The molecule has 0 unspecified atom stereocenters. The Morgan fingerprint density at radius 2 is 0.589 bits per heavy atom. The van der Waals surface area contributed by atoms with Crippen molar-refractivity contribution in [1.82, 2.24) is 32.8 Å². The van der Waals surface area contributed by atoms with E-state index in [9.17, 15) is 0 Å². The lowest BCUT2D eigenvalue weighted by molar-refractivity contribution is 0.669. The molecule has 0 aliphatic heterocycles. The smallest absolute Gasteiger partial charge is 0.237 e. The van der Waals surface area contributed by atoms with Crippen LogP contribution in [-0.2, 0) is 0 Å². The number of hydrogen-bond donors (Lipinski definition) is 0. The van der Waals surface area contributed by atoms with E-state index >= 15 is 0 Å². The van der Waals surface area contributed by atoms with Crippen LogP contribution < -0.4 is 4.90 Å². The highest BCUT2D eigenvalue weighted by molar-refractivity contribution is 6.19. The lowest BCUT2D eigenvalue weighted by atomic mass is 9.98. The molecule has 0 atom stereocenters. The molecule has 7 aromatic heterocycles. The van der Waals surface area contributed by atoms with Crippen molar-refractivity contribution in [2.24, 2.45) is 0 Å². The van der Waals surface area contributed by atoms with Crippen molar-refractivity contribution in [3.63, 3.8) is 0 Å². The maximum atomic E-state index is 6.67. The predicted octanol–water partition coefficient (Wildman–Crippen LogP) is 25.8. The Bertz CT molecular complexity index is 7370. The maximum absolute atomic E-state index is 6.67. The highest BCUT2D eigenvalue weighted by atomic mass is 16.3. The second kappa shape index (κ2) is 23.0. The van der Waals surface area contributed by atoms with Gasteiger partial charge in [-0.25, -0.2) is 4.98 Å². The van der Waals surface area contributed by atoms with Crippen LogP contribution in [0.4, 0.5) is 17.1 Å². The number of benzene rings is 16. The number of aromatic nitrogens is 7. The van der Waals surface area contributed by atoms with Gasteiger partial charge in [0, 0.05) is 110 Å². The zero-order chi connectivity index (χ0) is 70.0. The molecular weight excluding hydrogens is 1310 g/mol. The highest BCUT2D eigenvalue weighted by Crippen LogP contribution is 2.46. The summed E-state index contributed by atoms with van der Waals surface area (Å²) in [4.78, 5) is 14.2. The van der Waals surface area contributed by atoms with Gasteiger partial charge in [0.05, 0.1) is 60.7 Å². The van der Waals surface area contributed by atoms with Crippen LogP contribution >= 0.6 is 0 Å². The number of fused-ring (bicyclic) bond motifs is 19. The maximum Gasteiger partial charge on any atom is 0.237 e. The molecule has 9 nitrogen and oxygen atoms in total. The third-order valence-corrected chi connectivity index (χ3v) is 22.2. The van der Waals surface area contributed by atoms with E-state index in [1.807, 2.05) is 6.07 Å². The molecule has 0 spiro atoms. The Balaban J connectivity index is 0.790. The summed E-state index contributed by atoms with van der Waals surface area (Å²) >= 11 is 0. The summed E-state index contributed by atoms with van der Waals surface area (Å²) in [7, 11) is 0. The van der Waals surface area contributed by atoms with Gasteiger partial charge >= 0.3 is 0 Å². The van der Waals surface area contributed by atoms with Gasteiger partial charge in [0.15, 0.2) is 5.82 Å². The van der Waals surface area contributed by atoms with Gasteiger partial charge in [-0.2, -0.15) is 4.98 Å². The van der Waals surface area contributed by atoms with Gasteiger partial charge in [0.25, 0.3) is 0 Å². The molecule has 9 heteroatoms. The average Bonchev–Trinajstić information content (AvgIpc) is 1.58. The monoisotopic (exact) mass is 1360 g/mol. The van der Waals surface area contributed by atoms with Crippen molar-refractivity contribution in [2.75, 3.05) is 4.90 Å². The molecule has 0 saturated carbocycles. The summed E-state index contributed by atoms with van der Waals surface area (Å²) < 4.78 is 18.5. The quantitative estimate of drug-likeness (QED) is 0.137. The van der Waals surface area contributed by atoms with Crippen molar-refractivity contribution in [1.29, 1.82) is 0 Å². The highest BCUT2D eigenvalue weighted by Gasteiger charge is 2.26. The second-order valence-corrected chi connectivity index (χ2v) is 28.1. The van der Waals surface area contributed by atoms with E-state index in [1.54, 1.807) is 0 Å². The average molecular weight is 1370 g/mol. The van der Waals surface area contributed by atoms with E-state index in [0.717, 1.165) is 171 Å². The van der Waals surface area contributed by atoms with Crippen LogP contribution in [0.5, 0.6) is 0 Å². The summed E-state index contributed by atoms with van der Waals surface area (Å²) in [6.45, 7) is 0. The summed E-state index contributed by atoms with van der Waals surface area (Å²) in [5, 5.41) is 14.6. The van der Waals surface area contributed by atoms with E-state index in [2.05, 4.69) is 386 Å². The van der Waals surface area contributed by atoms with Gasteiger partial charge in [0.1, 0.15) is 11.2 Å². The molecule has 0 aliphatic rings. The van der Waals surface area contributed by atoms with Crippen molar-refractivity contribution in [3.8, 4) is 51.1 Å². The van der Waals surface area contributed by atoms with Crippen LogP contribution in [0, 0.1) is 0 Å².